The van der Waals surface area contributed by atoms with Gasteiger partial charge >= 0.3 is 5.63 Å². The number of nitrogens with one attached hydrogen (secondary N) is 3. The monoisotopic (exact) mass is 392 g/mol. The van der Waals surface area contributed by atoms with E-state index in [-0.39, 0.29) is 0 Å². The molecule has 0 spiro atoms. The summed E-state index contributed by atoms with van der Waals surface area (Å²) in [5, 5.41) is 4.10. The van der Waals surface area contributed by atoms with E-state index in [1.807, 2.05) is 25.9 Å². The molecule has 1 amide bonds. The first-order valence-electron chi connectivity index (χ1n) is 8.46. The van der Waals surface area contributed by atoms with Crippen LogP contribution in [0.25, 0.3) is 11.0 Å². The number of fused-ring (bicyclic) bond motifs is 1. The van der Waals surface area contributed by atoms with Crippen molar-refractivity contribution in [3.63, 3.8) is 0 Å². The highest BCUT2D eigenvalue weighted by atomic mass is 32.1. The zero-order valence-electron chi connectivity index (χ0n) is 15.8. The van der Waals surface area contributed by atoms with Crippen LogP contribution in [-0.4, -0.2) is 49.2 Å². The maximum atomic E-state index is 12.1. The van der Waals surface area contributed by atoms with Crippen LogP contribution in [0.1, 0.15) is 12.5 Å². The number of benzene rings is 1. The molecule has 0 aliphatic carbocycles. The number of nitrogens with zero attached hydrogens (tertiary/aromatic N) is 1. The Morgan fingerprint density at radius 1 is 1.30 bits per heavy atom. The van der Waals surface area contributed by atoms with E-state index in [1.54, 1.807) is 25.1 Å². The van der Waals surface area contributed by atoms with Gasteiger partial charge in [0.2, 0.25) is 0 Å². The molecule has 1 atom stereocenters. The molecule has 0 unspecified atom stereocenters. The van der Waals surface area contributed by atoms with Crippen LogP contribution in [0.5, 0.6) is 5.75 Å². The lowest BCUT2D eigenvalue weighted by molar-refractivity contribution is -0.127. The SMILES string of the molecule is Cc1cc(=O)oc2cc(O[C@H](C)C(=O)NNC(=S)NCCN(C)C)ccc12. The smallest absolute Gasteiger partial charge is 0.336 e. The largest absolute Gasteiger partial charge is 0.481 e. The van der Waals surface area contributed by atoms with E-state index in [2.05, 4.69) is 16.2 Å². The van der Waals surface area contributed by atoms with Gasteiger partial charge in [-0.2, -0.15) is 0 Å². The molecule has 9 heteroatoms. The van der Waals surface area contributed by atoms with E-state index in [9.17, 15) is 9.59 Å². The first kappa shape index (κ1) is 20.7. The van der Waals surface area contributed by atoms with E-state index >= 15 is 0 Å². The first-order valence-corrected chi connectivity index (χ1v) is 8.86. The van der Waals surface area contributed by atoms with E-state index in [4.69, 9.17) is 21.4 Å². The number of ether oxygens (including phenoxy) is 1. The van der Waals surface area contributed by atoms with Gasteiger partial charge in [-0.05, 0) is 57.9 Å². The molecule has 0 aliphatic heterocycles. The molecule has 3 N–H and O–H groups in total. The van der Waals surface area contributed by atoms with Crippen molar-refractivity contribution < 1.29 is 13.9 Å². The van der Waals surface area contributed by atoms with E-state index < -0.39 is 17.6 Å². The zero-order valence-corrected chi connectivity index (χ0v) is 16.6. The molecule has 146 valence electrons. The van der Waals surface area contributed by atoms with Crippen LogP contribution >= 0.6 is 12.2 Å². The second-order valence-corrected chi connectivity index (χ2v) is 6.75. The summed E-state index contributed by atoms with van der Waals surface area (Å²) >= 11 is 5.08. The predicted molar refractivity (Wildman–Crippen MR) is 108 cm³/mol. The van der Waals surface area contributed by atoms with E-state index in [0.717, 1.165) is 17.5 Å². The fraction of sp³-hybridized carbons (Fsp3) is 0.389. The molecule has 0 aliphatic rings. The van der Waals surface area contributed by atoms with Gasteiger partial charge in [0.15, 0.2) is 11.2 Å². The number of rotatable bonds is 6. The number of hydrogen-bond donors (Lipinski definition) is 3. The van der Waals surface area contributed by atoms with Gasteiger partial charge in [0.05, 0.1) is 0 Å². The van der Waals surface area contributed by atoms with Gasteiger partial charge in [-0.25, -0.2) is 4.79 Å². The average molecular weight is 392 g/mol. The molecule has 1 aromatic heterocycles. The molecule has 0 saturated heterocycles. The summed E-state index contributed by atoms with van der Waals surface area (Å²) in [5.74, 6) is 0.0307. The minimum atomic E-state index is -0.781. The van der Waals surface area contributed by atoms with Crippen molar-refractivity contribution in [1.29, 1.82) is 0 Å². The second kappa shape index (κ2) is 9.33. The lowest BCUT2D eigenvalue weighted by Gasteiger charge is -2.17. The van der Waals surface area contributed by atoms with Crippen LogP contribution in [0, 0.1) is 6.92 Å². The Labute approximate surface area is 162 Å². The van der Waals surface area contributed by atoms with Gasteiger partial charge in [0.25, 0.3) is 5.91 Å². The predicted octanol–water partition coefficient (Wildman–Crippen LogP) is 0.926. The second-order valence-electron chi connectivity index (χ2n) is 6.34. The molecular formula is C18H24N4O4S. The molecule has 1 aromatic carbocycles. The van der Waals surface area contributed by atoms with Gasteiger partial charge in [0, 0.05) is 30.6 Å². The Morgan fingerprint density at radius 2 is 2.04 bits per heavy atom. The van der Waals surface area contributed by atoms with Crippen molar-refractivity contribution in [2.24, 2.45) is 0 Å². The summed E-state index contributed by atoms with van der Waals surface area (Å²) in [4.78, 5) is 25.7. The van der Waals surface area contributed by atoms with Gasteiger partial charge in [0.1, 0.15) is 11.3 Å². The maximum Gasteiger partial charge on any atom is 0.336 e. The van der Waals surface area contributed by atoms with Crippen molar-refractivity contribution >= 4 is 34.2 Å². The number of amides is 1. The quantitative estimate of drug-likeness (QED) is 0.380. The fourth-order valence-electron chi connectivity index (χ4n) is 2.29. The summed E-state index contributed by atoms with van der Waals surface area (Å²) in [7, 11) is 3.91. The average Bonchev–Trinajstić information content (AvgIpc) is 2.58. The third-order valence-electron chi connectivity index (χ3n) is 3.75. The Balaban J connectivity index is 1.89. The minimum absolute atomic E-state index is 0.320. The third-order valence-corrected chi connectivity index (χ3v) is 4.00. The van der Waals surface area contributed by atoms with Crippen molar-refractivity contribution in [2.45, 2.75) is 20.0 Å². The van der Waals surface area contributed by atoms with Crippen LogP contribution in [0.15, 0.2) is 33.5 Å². The number of hydrogen-bond acceptors (Lipinski definition) is 6. The minimum Gasteiger partial charge on any atom is -0.481 e. The summed E-state index contributed by atoms with van der Waals surface area (Å²) in [6.07, 6.45) is -0.781. The Bertz CT molecular complexity index is 881. The molecule has 1 heterocycles. The summed E-state index contributed by atoms with van der Waals surface area (Å²) in [5.41, 5.74) is 5.92. The van der Waals surface area contributed by atoms with E-state index in [0.29, 0.717) is 23.0 Å². The Morgan fingerprint density at radius 3 is 2.74 bits per heavy atom. The molecule has 0 fully saturated rings. The molecule has 2 rings (SSSR count). The number of carbonyl (C=O) groups is 1. The maximum absolute atomic E-state index is 12.1. The van der Waals surface area contributed by atoms with Crippen molar-refractivity contribution in [3.05, 3.63) is 40.2 Å². The van der Waals surface area contributed by atoms with Gasteiger partial charge in [-0.3, -0.25) is 15.6 Å². The van der Waals surface area contributed by atoms with Crippen molar-refractivity contribution in [2.75, 3.05) is 27.2 Å². The molecule has 0 radical (unpaired) electrons. The fourth-order valence-corrected chi connectivity index (χ4v) is 2.45. The molecule has 0 bridgehead atoms. The highest BCUT2D eigenvalue weighted by Gasteiger charge is 2.15. The van der Waals surface area contributed by atoms with Gasteiger partial charge < -0.3 is 19.4 Å². The lowest BCUT2D eigenvalue weighted by atomic mass is 10.1. The summed E-state index contributed by atoms with van der Waals surface area (Å²) in [6.45, 7) is 4.91. The Hall–Kier alpha value is -2.65. The number of carbonyl (C=O) groups excluding carboxylic acids is 1. The van der Waals surface area contributed by atoms with Gasteiger partial charge in [-0.1, -0.05) is 0 Å². The number of hydrazine groups is 1. The summed E-state index contributed by atoms with van der Waals surface area (Å²) in [6, 6.07) is 6.53. The third kappa shape index (κ3) is 6.22. The normalized spacial score (nSPS) is 11.9. The molecule has 2 aromatic rings. The lowest BCUT2D eigenvalue weighted by Crippen LogP contribution is -2.51. The van der Waals surface area contributed by atoms with Crippen LogP contribution in [0.4, 0.5) is 0 Å². The topological polar surface area (TPSA) is 95.8 Å². The molecular weight excluding hydrogens is 368 g/mol. The zero-order chi connectivity index (χ0) is 20.0. The molecule has 27 heavy (non-hydrogen) atoms. The van der Waals surface area contributed by atoms with Gasteiger partial charge in [-0.15, -0.1) is 0 Å². The molecule has 0 saturated carbocycles. The van der Waals surface area contributed by atoms with Crippen molar-refractivity contribution in [3.8, 4) is 5.75 Å². The summed E-state index contributed by atoms with van der Waals surface area (Å²) < 4.78 is 10.8. The highest BCUT2D eigenvalue weighted by Crippen LogP contribution is 2.22. The first-order chi connectivity index (χ1) is 12.8. The number of likely N-dealkylation sites (N-methyl/N-ethyl adjacent to an activating group) is 1. The van der Waals surface area contributed by atoms with E-state index in [1.165, 1.54) is 6.07 Å². The van der Waals surface area contributed by atoms with Crippen LogP contribution < -0.4 is 26.5 Å². The number of thiocarbonyl (C=S) groups is 1. The Kier molecular flexibility index (Phi) is 7.14. The number of aryl methyl sites for hydroxylation is 1. The van der Waals surface area contributed by atoms with Crippen LogP contribution in [0.2, 0.25) is 0 Å². The van der Waals surface area contributed by atoms with Crippen LogP contribution in [-0.2, 0) is 4.79 Å². The highest BCUT2D eigenvalue weighted by molar-refractivity contribution is 7.80. The van der Waals surface area contributed by atoms with Crippen molar-refractivity contribution in [1.82, 2.24) is 21.1 Å². The van der Waals surface area contributed by atoms with Crippen LogP contribution in [0.3, 0.4) is 0 Å². The molecule has 8 nitrogen and oxygen atoms in total. The standard InChI is InChI=1S/C18H24N4O4S/c1-11-9-16(23)26-15-10-13(5-6-14(11)15)25-12(2)17(24)20-21-18(27)19-7-8-22(3)4/h5-6,9-10,12H,7-8H2,1-4H3,(H,20,24)(H2,19,21,27)/t12-/m1/s1.